The number of benzene rings is 2. The van der Waals surface area contributed by atoms with Crippen LogP contribution >= 0.6 is 0 Å². The summed E-state index contributed by atoms with van der Waals surface area (Å²) in [6.45, 7) is 1.71. The second-order valence-corrected chi connectivity index (χ2v) is 6.74. The van der Waals surface area contributed by atoms with Gasteiger partial charge in [0.25, 0.3) is 11.6 Å². The molecule has 5 aromatic rings. The van der Waals surface area contributed by atoms with E-state index >= 15 is 0 Å². The van der Waals surface area contributed by atoms with Crippen LogP contribution in [0.2, 0.25) is 0 Å². The molecular weight excluding hydrogens is 401 g/mol. The summed E-state index contributed by atoms with van der Waals surface area (Å²) in [5.41, 5.74) is 2.68. The minimum atomic E-state index is -0.453. The van der Waals surface area contributed by atoms with Crippen LogP contribution in [0, 0.1) is 12.7 Å². The summed E-state index contributed by atoms with van der Waals surface area (Å²) >= 11 is 0. The van der Waals surface area contributed by atoms with Gasteiger partial charge >= 0.3 is 0 Å². The van der Waals surface area contributed by atoms with Crippen molar-refractivity contribution in [2.45, 2.75) is 6.92 Å². The van der Waals surface area contributed by atoms with Crippen molar-refractivity contribution in [1.82, 2.24) is 30.3 Å². The zero-order valence-corrected chi connectivity index (χ0v) is 16.2. The van der Waals surface area contributed by atoms with E-state index in [1.165, 1.54) is 23.1 Å². The highest BCUT2D eigenvalue weighted by atomic mass is 19.1. The standard InChI is InChI=1S/C21H14FN7O2/c1-12-19-16(10-18(25-21(19)31-26-12)15-7-2-3-8-17(15)22)20(30)24-13-5-4-6-14(9-13)29-11-23-27-28-29/h2-11H,1H3,(H,24,30). The number of hydrogen-bond acceptors (Lipinski definition) is 7. The summed E-state index contributed by atoms with van der Waals surface area (Å²) in [6.07, 6.45) is 1.45. The van der Waals surface area contributed by atoms with Crippen LogP contribution < -0.4 is 5.32 Å². The zero-order valence-electron chi connectivity index (χ0n) is 16.2. The molecule has 0 bridgehead atoms. The van der Waals surface area contributed by atoms with E-state index < -0.39 is 11.7 Å². The van der Waals surface area contributed by atoms with E-state index in [4.69, 9.17) is 4.52 Å². The Bertz CT molecular complexity index is 1410. The molecule has 0 radical (unpaired) electrons. The van der Waals surface area contributed by atoms with Gasteiger partial charge in [0.2, 0.25) is 0 Å². The molecule has 1 amide bonds. The summed E-state index contributed by atoms with van der Waals surface area (Å²) in [6, 6.07) is 14.8. The molecule has 0 unspecified atom stereocenters. The van der Waals surface area contributed by atoms with Crippen LogP contribution in [-0.4, -0.2) is 36.3 Å². The molecule has 2 aromatic carbocycles. The Morgan fingerprint density at radius 2 is 2.00 bits per heavy atom. The van der Waals surface area contributed by atoms with Crippen LogP contribution in [0.15, 0.2) is 65.4 Å². The van der Waals surface area contributed by atoms with Gasteiger partial charge in [0.05, 0.1) is 28.0 Å². The van der Waals surface area contributed by atoms with Crippen LogP contribution in [0.25, 0.3) is 28.0 Å². The lowest BCUT2D eigenvalue weighted by Gasteiger charge is -2.10. The van der Waals surface area contributed by atoms with Crippen molar-refractivity contribution in [2.24, 2.45) is 0 Å². The van der Waals surface area contributed by atoms with Gasteiger partial charge in [-0.25, -0.2) is 14.1 Å². The van der Waals surface area contributed by atoms with Crippen molar-refractivity contribution in [2.75, 3.05) is 5.32 Å². The quantitative estimate of drug-likeness (QED) is 0.478. The average molecular weight is 415 g/mol. The predicted octanol–water partition coefficient (Wildman–Crippen LogP) is 3.57. The number of hydrogen-bond donors (Lipinski definition) is 1. The molecule has 0 fully saturated rings. The fraction of sp³-hybridized carbons (Fsp3) is 0.0476. The predicted molar refractivity (Wildman–Crippen MR) is 109 cm³/mol. The minimum absolute atomic E-state index is 0.158. The van der Waals surface area contributed by atoms with Crippen molar-refractivity contribution in [3.8, 4) is 16.9 Å². The molecule has 0 atom stereocenters. The Morgan fingerprint density at radius 1 is 1.13 bits per heavy atom. The van der Waals surface area contributed by atoms with E-state index in [2.05, 4.69) is 31.0 Å². The molecule has 5 rings (SSSR count). The van der Waals surface area contributed by atoms with Gasteiger partial charge in [0.15, 0.2) is 0 Å². The lowest BCUT2D eigenvalue weighted by molar-refractivity contribution is 0.102. The molecule has 10 heteroatoms. The highest BCUT2D eigenvalue weighted by Crippen LogP contribution is 2.29. The topological polar surface area (TPSA) is 112 Å². The number of aryl methyl sites for hydroxylation is 1. The van der Waals surface area contributed by atoms with Gasteiger partial charge < -0.3 is 9.84 Å². The number of halogens is 1. The Labute approximate surface area is 174 Å². The summed E-state index contributed by atoms with van der Waals surface area (Å²) in [7, 11) is 0. The number of aromatic nitrogens is 6. The highest BCUT2D eigenvalue weighted by molar-refractivity contribution is 6.13. The Balaban J connectivity index is 1.56. The SMILES string of the molecule is Cc1noc2nc(-c3ccccc3F)cc(C(=O)Nc3cccc(-n4cnnn4)c3)c12. The van der Waals surface area contributed by atoms with E-state index in [9.17, 15) is 9.18 Å². The summed E-state index contributed by atoms with van der Waals surface area (Å²) in [5, 5.41) is 18.3. The van der Waals surface area contributed by atoms with Crippen LogP contribution in [-0.2, 0) is 0 Å². The smallest absolute Gasteiger partial charge is 0.259 e. The van der Waals surface area contributed by atoms with Gasteiger partial charge in [-0.1, -0.05) is 23.4 Å². The normalized spacial score (nSPS) is 11.0. The van der Waals surface area contributed by atoms with Gasteiger partial charge in [0.1, 0.15) is 12.1 Å². The number of carbonyl (C=O) groups is 1. The first-order valence-electron chi connectivity index (χ1n) is 9.27. The third-order valence-corrected chi connectivity index (χ3v) is 4.73. The molecule has 3 heterocycles. The second-order valence-electron chi connectivity index (χ2n) is 6.74. The number of pyridine rings is 1. The van der Waals surface area contributed by atoms with E-state index in [1.807, 2.05) is 0 Å². The Hall–Kier alpha value is -4.47. The number of nitrogens with one attached hydrogen (secondary N) is 1. The van der Waals surface area contributed by atoms with E-state index in [1.54, 1.807) is 49.4 Å². The van der Waals surface area contributed by atoms with Gasteiger partial charge in [0, 0.05) is 11.3 Å². The monoisotopic (exact) mass is 415 g/mol. The molecule has 9 nitrogen and oxygen atoms in total. The molecule has 152 valence electrons. The second kappa shape index (κ2) is 7.41. The number of fused-ring (bicyclic) bond motifs is 1. The third kappa shape index (κ3) is 3.39. The minimum Gasteiger partial charge on any atom is -0.335 e. The molecule has 0 saturated heterocycles. The van der Waals surface area contributed by atoms with Crippen molar-refractivity contribution in [3.63, 3.8) is 0 Å². The first-order chi connectivity index (χ1) is 15.1. The van der Waals surface area contributed by atoms with Gasteiger partial charge in [-0.05, 0) is 53.7 Å². The van der Waals surface area contributed by atoms with Gasteiger partial charge in [-0.15, -0.1) is 5.10 Å². The summed E-state index contributed by atoms with van der Waals surface area (Å²) < 4.78 is 21.1. The molecular formula is C21H14FN7O2. The van der Waals surface area contributed by atoms with Crippen LogP contribution in [0.1, 0.15) is 16.1 Å². The molecule has 0 aliphatic heterocycles. The van der Waals surface area contributed by atoms with E-state index in [0.717, 1.165) is 0 Å². The number of tetrazole rings is 1. The lowest BCUT2D eigenvalue weighted by Crippen LogP contribution is -2.13. The van der Waals surface area contributed by atoms with Crippen molar-refractivity contribution in [3.05, 3.63) is 78.0 Å². The first-order valence-corrected chi connectivity index (χ1v) is 9.27. The Morgan fingerprint density at radius 3 is 2.81 bits per heavy atom. The fourth-order valence-electron chi connectivity index (χ4n) is 3.28. The molecule has 0 saturated carbocycles. The summed E-state index contributed by atoms with van der Waals surface area (Å²) in [4.78, 5) is 17.5. The van der Waals surface area contributed by atoms with Gasteiger partial charge in [-0.3, -0.25) is 4.79 Å². The maximum Gasteiger partial charge on any atom is 0.259 e. The van der Waals surface area contributed by atoms with Crippen molar-refractivity contribution < 1.29 is 13.7 Å². The number of nitrogens with zero attached hydrogens (tertiary/aromatic N) is 6. The maximum atomic E-state index is 14.3. The molecule has 0 aliphatic rings. The maximum absolute atomic E-state index is 14.3. The third-order valence-electron chi connectivity index (χ3n) is 4.73. The van der Waals surface area contributed by atoms with Crippen LogP contribution in [0.4, 0.5) is 10.1 Å². The van der Waals surface area contributed by atoms with Crippen molar-refractivity contribution >= 4 is 22.7 Å². The molecule has 31 heavy (non-hydrogen) atoms. The molecule has 0 aliphatic carbocycles. The first kappa shape index (κ1) is 18.6. The molecule has 3 aromatic heterocycles. The number of amides is 1. The zero-order chi connectivity index (χ0) is 21.4. The average Bonchev–Trinajstić information content (AvgIpc) is 3.44. The highest BCUT2D eigenvalue weighted by Gasteiger charge is 2.20. The summed E-state index contributed by atoms with van der Waals surface area (Å²) in [5.74, 6) is -0.865. The van der Waals surface area contributed by atoms with E-state index in [0.29, 0.717) is 22.5 Å². The number of anilines is 1. The van der Waals surface area contributed by atoms with Gasteiger partial charge in [-0.2, -0.15) is 0 Å². The Kier molecular flexibility index (Phi) is 4.43. The van der Waals surface area contributed by atoms with Crippen LogP contribution in [0.3, 0.4) is 0 Å². The fourth-order valence-corrected chi connectivity index (χ4v) is 3.28. The number of rotatable bonds is 4. The largest absolute Gasteiger partial charge is 0.335 e. The van der Waals surface area contributed by atoms with Crippen molar-refractivity contribution in [1.29, 1.82) is 0 Å². The number of carbonyl (C=O) groups excluding carboxylic acids is 1. The molecule has 1 N–H and O–H groups in total. The van der Waals surface area contributed by atoms with Crippen LogP contribution in [0.5, 0.6) is 0 Å². The van der Waals surface area contributed by atoms with E-state index in [-0.39, 0.29) is 22.5 Å². The lowest BCUT2D eigenvalue weighted by atomic mass is 10.0. The molecule has 0 spiro atoms.